The molecule has 0 spiro atoms. The molecule has 2 aliphatic rings. The molecule has 2 unspecified atom stereocenters. The zero-order valence-electron chi connectivity index (χ0n) is 11.5. The maximum atomic E-state index is 13.9. The highest BCUT2D eigenvalue weighted by atomic mass is 19.1. The number of nitrogens with zero attached hydrogens (tertiary/aromatic N) is 1. The van der Waals surface area contributed by atoms with Crippen molar-refractivity contribution < 1.29 is 13.9 Å². The lowest BCUT2D eigenvalue weighted by Crippen LogP contribution is -2.49. The van der Waals surface area contributed by atoms with Gasteiger partial charge in [0.15, 0.2) is 11.6 Å². The first-order valence-electron chi connectivity index (χ1n) is 7.02. The van der Waals surface area contributed by atoms with Crippen molar-refractivity contribution in [3.63, 3.8) is 0 Å². The number of rotatable bonds is 3. The molecule has 1 aliphatic carbocycles. The predicted octanol–water partition coefficient (Wildman–Crippen LogP) is 1.99. The van der Waals surface area contributed by atoms with E-state index in [2.05, 4.69) is 0 Å². The Morgan fingerprint density at radius 3 is 2.70 bits per heavy atom. The summed E-state index contributed by atoms with van der Waals surface area (Å²) in [6, 6.07) is 4.77. The molecule has 1 aromatic rings. The standard InChI is InChI=1S/C15H19FN2O2/c1-20-13-6-2-9(8-11(13)16)15-12(17)5-7-14(19)18(15)10-3-4-10/h2,6,8,10,12,15H,3-5,7,17H2,1H3. The zero-order valence-corrected chi connectivity index (χ0v) is 11.5. The van der Waals surface area contributed by atoms with E-state index < -0.39 is 5.82 Å². The number of hydrogen-bond acceptors (Lipinski definition) is 3. The summed E-state index contributed by atoms with van der Waals surface area (Å²) in [6.07, 6.45) is 3.19. The highest BCUT2D eigenvalue weighted by Gasteiger charge is 2.43. The van der Waals surface area contributed by atoms with Gasteiger partial charge in [-0.3, -0.25) is 4.79 Å². The quantitative estimate of drug-likeness (QED) is 0.920. The molecular weight excluding hydrogens is 259 g/mol. The molecule has 5 heteroatoms. The second kappa shape index (κ2) is 5.05. The third-order valence-corrected chi connectivity index (χ3v) is 4.14. The Kier molecular flexibility index (Phi) is 3.38. The number of halogens is 1. The summed E-state index contributed by atoms with van der Waals surface area (Å²) in [5, 5.41) is 0. The number of methoxy groups -OCH3 is 1. The van der Waals surface area contributed by atoms with Crippen LogP contribution >= 0.6 is 0 Å². The molecule has 20 heavy (non-hydrogen) atoms. The number of carbonyl (C=O) groups is 1. The number of nitrogens with two attached hydrogens (primary N) is 1. The molecule has 0 bridgehead atoms. The summed E-state index contributed by atoms with van der Waals surface area (Å²) >= 11 is 0. The van der Waals surface area contributed by atoms with Gasteiger partial charge in [-0.05, 0) is 37.0 Å². The van der Waals surface area contributed by atoms with E-state index in [1.165, 1.54) is 13.2 Å². The summed E-state index contributed by atoms with van der Waals surface area (Å²) in [7, 11) is 1.43. The third-order valence-electron chi connectivity index (χ3n) is 4.14. The van der Waals surface area contributed by atoms with Crippen LogP contribution in [-0.2, 0) is 4.79 Å². The van der Waals surface area contributed by atoms with E-state index in [9.17, 15) is 9.18 Å². The third kappa shape index (κ3) is 2.26. The summed E-state index contributed by atoms with van der Waals surface area (Å²) < 4.78 is 18.8. The highest BCUT2D eigenvalue weighted by Crippen LogP contribution is 2.40. The van der Waals surface area contributed by atoms with Gasteiger partial charge in [-0.1, -0.05) is 6.07 Å². The van der Waals surface area contributed by atoms with Crippen LogP contribution in [0.2, 0.25) is 0 Å². The Bertz CT molecular complexity index is 531. The Labute approximate surface area is 117 Å². The summed E-state index contributed by atoms with van der Waals surface area (Å²) in [4.78, 5) is 14.0. The van der Waals surface area contributed by atoms with E-state index in [1.54, 1.807) is 12.1 Å². The van der Waals surface area contributed by atoms with Crippen LogP contribution in [0.4, 0.5) is 4.39 Å². The number of hydrogen-bond donors (Lipinski definition) is 1. The lowest BCUT2D eigenvalue weighted by Gasteiger charge is -2.40. The average Bonchev–Trinajstić information content (AvgIpc) is 3.25. The van der Waals surface area contributed by atoms with Gasteiger partial charge < -0.3 is 15.4 Å². The number of amides is 1. The second-order valence-electron chi connectivity index (χ2n) is 5.57. The van der Waals surface area contributed by atoms with E-state index in [1.807, 2.05) is 4.90 Å². The van der Waals surface area contributed by atoms with Crippen molar-refractivity contribution >= 4 is 5.91 Å². The molecule has 0 radical (unpaired) electrons. The number of piperidine rings is 1. The van der Waals surface area contributed by atoms with Gasteiger partial charge in [0.1, 0.15) is 0 Å². The minimum atomic E-state index is -0.411. The van der Waals surface area contributed by atoms with Crippen molar-refractivity contribution in [3.05, 3.63) is 29.6 Å². The molecule has 2 N–H and O–H groups in total. The van der Waals surface area contributed by atoms with Crippen molar-refractivity contribution in [2.24, 2.45) is 5.73 Å². The van der Waals surface area contributed by atoms with Crippen molar-refractivity contribution in [3.8, 4) is 5.75 Å². The van der Waals surface area contributed by atoms with Crippen LogP contribution < -0.4 is 10.5 Å². The normalized spacial score (nSPS) is 26.8. The number of ether oxygens (including phenoxy) is 1. The number of carbonyl (C=O) groups excluding carboxylic acids is 1. The molecule has 1 aromatic carbocycles. The zero-order chi connectivity index (χ0) is 14.3. The fourth-order valence-corrected chi connectivity index (χ4v) is 3.00. The number of likely N-dealkylation sites (tertiary alicyclic amines) is 1. The first-order chi connectivity index (χ1) is 9.61. The molecule has 3 rings (SSSR count). The minimum Gasteiger partial charge on any atom is -0.494 e. The Morgan fingerprint density at radius 1 is 1.35 bits per heavy atom. The first-order valence-corrected chi connectivity index (χ1v) is 7.02. The monoisotopic (exact) mass is 278 g/mol. The Morgan fingerprint density at radius 2 is 2.10 bits per heavy atom. The fourth-order valence-electron chi connectivity index (χ4n) is 3.00. The maximum Gasteiger partial charge on any atom is 0.223 e. The topological polar surface area (TPSA) is 55.6 Å². The molecule has 1 saturated carbocycles. The molecule has 108 valence electrons. The Hall–Kier alpha value is -1.62. The van der Waals surface area contributed by atoms with Crippen molar-refractivity contribution in [2.45, 2.75) is 43.8 Å². The summed E-state index contributed by atoms with van der Waals surface area (Å²) in [5.41, 5.74) is 6.96. The summed E-state index contributed by atoms with van der Waals surface area (Å²) in [5.74, 6) is -0.0659. The van der Waals surface area contributed by atoms with Crippen LogP contribution in [0.5, 0.6) is 5.75 Å². The SMILES string of the molecule is COc1ccc(C2C(N)CCC(=O)N2C2CC2)cc1F. The highest BCUT2D eigenvalue weighted by molar-refractivity contribution is 5.78. The molecule has 4 nitrogen and oxygen atoms in total. The molecule has 1 saturated heterocycles. The van der Waals surface area contributed by atoms with Crippen LogP contribution in [0.1, 0.15) is 37.3 Å². The van der Waals surface area contributed by atoms with E-state index in [0.717, 1.165) is 18.4 Å². The van der Waals surface area contributed by atoms with Crippen LogP contribution in [0.15, 0.2) is 18.2 Å². The van der Waals surface area contributed by atoms with Crippen molar-refractivity contribution in [2.75, 3.05) is 7.11 Å². The summed E-state index contributed by atoms with van der Waals surface area (Å²) in [6.45, 7) is 0. The lowest BCUT2D eigenvalue weighted by molar-refractivity contribution is -0.138. The van der Waals surface area contributed by atoms with Crippen LogP contribution in [0.3, 0.4) is 0 Å². The molecule has 1 heterocycles. The predicted molar refractivity (Wildman–Crippen MR) is 72.8 cm³/mol. The minimum absolute atomic E-state index is 0.135. The van der Waals surface area contributed by atoms with Gasteiger partial charge in [0.2, 0.25) is 5.91 Å². The first kappa shape index (κ1) is 13.4. The van der Waals surface area contributed by atoms with Gasteiger partial charge in [-0.15, -0.1) is 0 Å². The molecular formula is C15H19FN2O2. The van der Waals surface area contributed by atoms with Crippen LogP contribution in [-0.4, -0.2) is 30.0 Å². The Balaban J connectivity index is 1.96. The largest absolute Gasteiger partial charge is 0.494 e. The van der Waals surface area contributed by atoms with E-state index >= 15 is 0 Å². The number of benzene rings is 1. The van der Waals surface area contributed by atoms with Gasteiger partial charge in [-0.25, -0.2) is 4.39 Å². The molecule has 1 amide bonds. The van der Waals surface area contributed by atoms with Gasteiger partial charge in [0, 0.05) is 18.5 Å². The van der Waals surface area contributed by atoms with Crippen LogP contribution in [0.25, 0.3) is 0 Å². The van der Waals surface area contributed by atoms with Crippen molar-refractivity contribution in [1.29, 1.82) is 0 Å². The molecule has 0 aromatic heterocycles. The van der Waals surface area contributed by atoms with E-state index in [-0.39, 0.29) is 29.8 Å². The van der Waals surface area contributed by atoms with Crippen molar-refractivity contribution in [1.82, 2.24) is 4.90 Å². The van der Waals surface area contributed by atoms with E-state index in [0.29, 0.717) is 12.8 Å². The van der Waals surface area contributed by atoms with Gasteiger partial charge in [-0.2, -0.15) is 0 Å². The van der Waals surface area contributed by atoms with Gasteiger partial charge in [0.25, 0.3) is 0 Å². The smallest absolute Gasteiger partial charge is 0.223 e. The maximum absolute atomic E-state index is 13.9. The van der Waals surface area contributed by atoms with E-state index in [4.69, 9.17) is 10.5 Å². The van der Waals surface area contributed by atoms with Crippen LogP contribution in [0, 0.1) is 5.82 Å². The lowest BCUT2D eigenvalue weighted by atomic mass is 9.90. The van der Waals surface area contributed by atoms with Gasteiger partial charge >= 0.3 is 0 Å². The molecule has 2 atom stereocenters. The fraction of sp³-hybridized carbons (Fsp3) is 0.533. The van der Waals surface area contributed by atoms with Gasteiger partial charge in [0.05, 0.1) is 13.2 Å². The molecule has 1 aliphatic heterocycles. The average molecular weight is 278 g/mol. The molecule has 2 fully saturated rings. The second-order valence-corrected chi connectivity index (χ2v) is 5.57.